The molecule has 18 heavy (non-hydrogen) atoms. The van der Waals surface area contributed by atoms with Gasteiger partial charge in [0.15, 0.2) is 0 Å². The lowest BCUT2D eigenvalue weighted by Crippen LogP contribution is -2.49. The molecule has 0 aliphatic carbocycles. The molecule has 1 amide bonds. The molecule has 0 aromatic heterocycles. The maximum atomic E-state index is 12.0. The first-order chi connectivity index (χ1) is 8.55. The second-order valence-corrected chi connectivity index (χ2v) is 5.31. The predicted octanol–water partition coefficient (Wildman–Crippen LogP) is 2.67. The van der Waals surface area contributed by atoms with Crippen molar-refractivity contribution < 1.29 is 14.7 Å². The first-order valence-electron chi connectivity index (χ1n) is 7.07. The van der Waals surface area contributed by atoms with Gasteiger partial charge in [0.2, 0.25) is 5.91 Å². The highest BCUT2D eigenvalue weighted by atomic mass is 16.4. The Morgan fingerprint density at radius 2 is 2.00 bits per heavy atom. The average molecular weight is 255 g/mol. The minimum absolute atomic E-state index is 0.127. The molecule has 1 atom stereocenters. The molecular formula is C14H25NO3. The van der Waals surface area contributed by atoms with Crippen LogP contribution in [0.3, 0.4) is 0 Å². The molecule has 104 valence electrons. The van der Waals surface area contributed by atoms with E-state index in [2.05, 4.69) is 6.92 Å². The fraction of sp³-hybridized carbons (Fsp3) is 0.857. The van der Waals surface area contributed by atoms with Gasteiger partial charge < -0.3 is 10.0 Å². The fourth-order valence-electron chi connectivity index (χ4n) is 2.64. The van der Waals surface area contributed by atoms with E-state index >= 15 is 0 Å². The van der Waals surface area contributed by atoms with Gasteiger partial charge in [-0.2, -0.15) is 0 Å². The molecule has 1 fully saturated rings. The van der Waals surface area contributed by atoms with Crippen LogP contribution in [0.25, 0.3) is 0 Å². The molecule has 4 nitrogen and oxygen atoms in total. The van der Waals surface area contributed by atoms with Crippen molar-refractivity contribution in [2.45, 2.75) is 58.8 Å². The summed E-state index contributed by atoms with van der Waals surface area (Å²) in [5.41, 5.74) is -0.710. The average Bonchev–Trinajstić information content (AvgIpc) is 2.38. The zero-order chi connectivity index (χ0) is 13.6. The third-order valence-corrected chi connectivity index (χ3v) is 4.05. The molecule has 0 spiro atoms. The molecule has 1 N–H and O–H groups in total. The second-order valence-electron chi connectivity index (χ2n) is 5.31. The van der Waals surface area contributed by atoms with Crippen LogP contribution in [0, 0.1) is 5.41 Å². The molecule has 0 aromatic rings. The first-order valence-corrected chi connectivity index (χ1v) is 7.07. The van der Waals surface area contributed by atoms with Gasteiger partial charge in [0.1, 0.15) is 0 Å². The highest BCUT2D eigenvalue weighted by molar-refractivity contribution is 5.79. The van der Waals surface area contributed by atoms with Crippen LogP contribution >= 0.6 is 0 Å². The van der Waals surface area contributed by atoms with Crippen LogP contribution in [0.1, 0.15) is 58.8 Å². The number of unbranched alkanes of at least 4 members (excludes halogenated alkanes) is 2. The van der Waals surface area contributed by atoms with Crippen molar-refractivity contribution in [2.24, 2.45) is 5.41 Å². The minimum Gasteiger partial charge on any atom is -0.481 e. The predicted molar refractivity (Wildman–Crippen MR) is 70.3 cm³/mol. The largest absolute Gasteiger partial charge is 0.481 e. The summed E-state index contributed by atoms with van der Waals surface area (Å²) in [5, 5.41) is 9.36. The Kier molecular flexibility index (Phi) is 5.63. The lowest BCUT2D eigenvalue weighted by molar-refractivity contribution is -0.155. The lowest BCUT2D eigenvalue weighted by atomic mass is 9.77. The number of rotatable bonds is 6. The van der Waals surface area contributed by atoms with Crippen LogP contribution in [0.15, 0.2) is 0 Å². The molecular weight excluding hydrogens is 230 g/mol. The number of carbonyl (C=O) groups excluding carboxylic acids is 1. The Balaban J connectivity index is 2.57. The highest BCUT2D eigenvalue weighted by Gasteiger charge is 2.41. The van der Waals surface area contributed by atoms with Crippen molar-refractivity contribution >= 4 is 11.9 Å². The standard InChI is InChI=1S/C14H25NO3/c1-3-5-6-8-12(16)15-10-7-9-14(4-2,11-15)13(17)18/h3-11H2,1-2H3,(H,17,18). The van der Waals surface area contributed by atoms with Gasteiger partial charge in [0.05, 0.1) is 5.41 Å². The number of piperidine rings is 1. The van der Waals surface area contributed by atoms with E-state index in [1.807, 2.05) is 6.92 Å². The number of aliphatic carboxylic acids is 1. The van der Waals surface area contributed by atoms with Gasteiger partial charge in [0.25, 0.3) is 0 Å². The third-order valence-electron chi connectivity index (χ3n) is 4.05. The van der Waals surface area contributed by atoms with Crippen molar-refractivity contribution in [1.29, 1.82) is 0 Å². The third kappa shape index (κ3) is 3.47. The molecule has 0 saturated carbocycles. The topological polar surface area (TPSA) is 57.6 Å². The molecule has 0 aromatic carbocycles. The summed E-state index contributed by atoms with van der Waals surface area (Å²) in [6.07, 6.45) is 5.74. The number of hydrogen-bond acceptors (Lipinski definition) is 2. The first kappa shape index (κ1) is 15.0. The number of likely N-dealkylation sites (tertiary alicyclic amines) is 1. The zero-order valence-corrected chi connectivity index (χ0v) is 11.6. The summed E-state index contributed by atoms with van der Waals surface area (Å²) in [6, 6.07) is 0. The molecule has 1 aliphatic rings. The quantitative estimate of drug-likeness (QED) is 0.742. The van der Waals surface area contributed by atoms with Gasteiger partial charge in [-0.15, -0.1) is 0 Å². The van der Waals surface area contributed by atoms with Crippen LogP contribution in [0.5, 0.6) is 0 Å². The SMILES string of the molecule is CCCCCC(=O)N1CCCC(CC)(C(=O)O)C1. The van der Waals surface area contributed by atoms with Gasteiger partial charge >= 0.3 is 5.97 Å². The van der Waals surface area contributed by atoms with E-state index in [4.69, 9.17) is 0 Å². The number of nitrogens with zero attached hydrogens (tertiary/aromatic N) is 1. The molecule has 0 bridgehead atoms. The Hall–Kier alpha value is -1.06. The van der Waals surface area contributed by atoms with E-state index in [0.717, 1.165) is 32.2 Å². The van der Waals surface area contributed by atoms with E-state index in [0.29, 0.717) is 25.8 Å². The van der Waals surface area contributed by atoms with E-state index in [-0.39, 0.29) is 5.91 Å². The molecule has 1 heterocycles. The van der Waals surface area contributed by atoms with Crippen molar-refractivity contribution in [3.63, 3.8) is 0 Å². The Morgan fingerprint density at radius 3 is 2.56 bits per heavy atom. The van der Waals surface area contributed by atoms with Crippen LogP contribution in [-0.2, 0) is 9.59 Å². The summed E-state index contributed by atoms with van der Waals surface area (Å²) in [6.45, 7) is 5.13. The van der Waals surface area contributed by atoms with Gasteiger partial charge in [-0.25, -0.2) is 0 Å². The van der Waals surface area contributed by atoms with Gasteiger partial charge in [-0.1, -0.05) is 26.7 Å². The van der Waals surface area contributed by atoms with E-state index in [1.54, 1.807) is 4.90 Å². The van der Waals surface area contributed by atoms with Gasteiger partial charge in [0, 0.05) is 19.5 Å². The Labute approximate surface area is 109 Å². The normalized spacial score (nSPS) is 24.0. The van der Waals surface area contributed by atoms with Crippen molar-refractivity contribution in [2.75, 3.05) is 13.1 Å². The number of carbonyl (C=O) groups is 2. The smallest absolute Gasteiger partial charge is 0.311 e. The van der Waals surface area contributed by atoms with Crippen molar-refractivity contribution in [1.82, 2.24) is 4.90 Å². The number of hydrogen-bond donors (Lipinski definition) is 1. The molecule has 1 unspecified atom stereocenters. The van der Waals surface area contributed by atoms with Crippen molar-refractivity contribution in [3.05, 3.63) is 0 Å². The van der Waals surface area contributed by atoms with Crippen LogP contribution in [0.4, 0.5) is 0 Å². The molecule has 1 rings (SSSR count). The molecule has 1 saturated heterocycles. The molecule has 4 heteroatoms. The number of carboxylic acid groups (broad SMARTS) is 1. The van der Waals surface area contributed by atoms with E-state index in [9.17, 15) is 14.7 Å². The van der Waals surface area contributed by atoms with Crippen LogP contribution in [-0.4, -0.2) is 35.0 Å². The summed E-state index contributed by atoms with van der Waals surface area (Å²) in [7, 11) is 0. The number of amides is 1. The lowest BCUT2D eigenvalue weighted by Gasteiger charge is -2.39. The van der Waals surface area contributed by atoms with E-state index in [1.165, 1.54) is 0 Å². The Bertz CT molecular complexity index is 303. The monoisotopic (exact) mass is 255 g/mol. The Morgan fingerprint density at radius 1 is 1.28 bits per heavy atom. The minimum atomic E-state index is -0.754. The second kappa shape index (κ2) is 6.76. The van der Waals surface area contributed by atoms with Crippen LogP contribution in [0.2, 0.25) is 0 Å². The highest BCUT2D eigenvalue weighted by Crippen LogP contribution is 2.33. The fourth-order valence-corrected chi connectivity index (χ4v) is 2.64. The molecule has 0 radical (unpaired) electrons. The zero-order valence-electron chi connectivity index (χ0n) is 11.6. The van der Waals surface area contributed by atoms with Gasteiger partial charge in [-0.05, 0) is 25.7 Å². The van der Waals surface area contributed by atoms with Crippen molar-refractivity contribution in [3.8, 4) is 0 Å². The van der Waals surface area contributed by atoms with Crippen LogP contribution < -0.4 is 0 Å². The summed E-state index contributed by atoms with van der Waals surface area (Å²) in [5.74, 6) is -0.627. The van der Waals surface area contributed by atoms with E-state index < -0.39 is 11.4 Å². The summed E-state index contributed by atoms with van der Waals surface area (Å²) in [4.78, 5) is 25.2. The summed E-state index contributed by atoms with van der Waals surface area (Å²) < 4.78 is 0. The maximum Gasteiger partial charge on any atom is 0.311 e. The summed E-state index contributed by atoms with van der Waals surface area (Å²) >= 11 is 0. The number of carboxylic acids is 1. The maximum absolute atomic E-state index is 12.0. The molecule has 1 aliphatic heterocycles. The van der Waals surface area contributed by atoms with Gasteiger partial charge in [-0.3, -0.25) is 9.59 Å².